The molecule has 18 heavy (non-hydrogen) atoms. The fraction of sp³-hybridized carbons (Fsp3) is 0.462. The van der Waals surface area contributed by atoms with Crippen molar-refractivity contribution in [2.75, 3.05) is 13.2 Å². The van der Waals surface area contributed by atoms with Crippen molar-refractivity contribution in [1.29, 1.82) is 0 Å². The predicted molar refractivity (Wildman–Crippen MR) is 71.9 cm³/mol. The Bertz CT molecular complexity index is 435. The summed E-state index contributed by atoms with van der Waals surface area (Å²) in [7, 11) is 0. The summed E-state index contributed by atoms with van der Waals surface area (Å²) in [4.78, 5) is 11.9. The Morgan fingerprint density at radius 1 is 1.50 bits per heavy atom. The molecule has 0 fully saturated rings. The Labute approximate surface area is 115 Å². The molecule has 1 rings (SSSR count). The highest BCUT2D eigenvalue weighted by Crippen LogP contribution is 2.20. The number of aliphatic hydroxyl groups excluding tert-OH is 1. The third kappa shape index (κ3) is 4.38. The first kappa shape index (κ1) is 15.1. The van der Waals surface area contributed by atoms with Crippen molar-refractivity contribution in [3.63, 3.8) is 0 Å². The lowest BCUT2D eigenvalue weighted by atomic mass is 9.89. The minimum absolute atomic E-state index is 0.0759. The summed E-state index contributed by atoms with van der Waals surface area (Å²) in [6, 6.07) is 3.98. The van der Waals surface area contributed by atoms with Gasteiger partial charge in [0.1, 0.15) is 5.82 Å². The molecule has 0 unspecified atom stereocenters. The number of benzene rings is 1. The summed E-state index contributed by atoms with van der Waals surface area (Å²) in [5.74, 6) is -0.773. The molecule has 3 nitrogen and oxygen atoms in total. The second kappa shape index (κ2) is 6.29. The van der Waals surface area contributed by atoms with Crippen LogP contribution in [0.4, 0.5) is 4.39 Å². The normalized spacial score (nSPS) is 11.4. The zero-order valence-corrected chi connectivity index (χ0v) is 12.1. The van der Waals surface area contributed by atoms with Crippen LogP contribution >= 0.6 is 15.9 Å². The van der Waals surface area contributed by atoms with Gasteiger partial charge in [0.25, 0.3) is 5.91 Å². The number of carbonyl (C=O) groups excluding carboxylic acids is 1. The van der Waals surface area contributed by atoms with Crippen LogP contribution in [0.25, 0.3) is 0 Å². The van der Waals surface area contributed by atoms with Crippen LogP contribution in [0, 0.1) is 11.2 Å². The molecule has 100 valence electrons. The van der Waals surface area contributed by atoms with Crippen LogP contribution in [0.5, 0.6) is 0 Å². The van der Waals surface area contributed by atoms with E-state index in [2.05, 4.69) is 21.2 Å². The lowest BCUT2D eigenvalue weighted by Gasteiger charge is -2.23. The maximum absolute atomic E-state index is 13.1. The van der Waals surface area contributed by atoms with Crippen molar-refractivity contribution in [2.45, 2.75) is 20.3 Å². The zero-order chi connectivity index (χ0) is 13.8. The summed E-state index contributed by atoms with van der Waals surface area (Å²) in [5, 5.41) is 11.6. The number of hydrogen-bond donors (Lipinski definition) is 2. The molecule has 0 aliphatic carbocycles. The van der Waals surface area contributed by atoms with E-state index in [0.717, 1.165) is 0 Å². The second-order valence-corrected chi connectivity index (χ2v) is 5.80. The van der Waals surface area contributed by atoms with Gasteiger partial charge in [-0.1, -0.05) is 13.8 Å². The Kier molecular flexibility index (Phi) is 5.28. The van der Waals surface area contributed by atoms with E-state index in [-0.39, 0.29) is 23.5 Å². The number of nitrogens with one attached hydrogen (secondary N) is 1. The maximum Gasteiger partial charge on any atom is 0.252 e. The minimum Gasteiger partial charge on any atom is -0.396 e. The largest absolute Gasteiger partial charge is 0.396 e. The average Bonchev–Trinajstić information content (AvgIpc) is 2.29. The standard InChI is InChI=1S/C13H17BrFNO2/c1-13(2,5-6-17)8-16-12(18)10-7-9(15)3-4-11(10)14/h3-4,7,17H,5-6,8H2,1-2H3,(H,16,18). The van der Waals surface area contributed by atoms with Crippen LogP contribution < -0.4 is 5.32 Å². The average molecular weight is 318 g/mol. The summed E-state index contributed by atoms with van der Waals surface area (Å²) in [6.07, 6.45) is 0.595. The van der Waals surface area contributed by atoms with Crippen molar-refractivity contribution in [2.24, 2.45) is 5.41 Å². The van der Waals surface area contributed by atoms with Crippen LogP contribution in [0.1, 0.15) is 30.6 Å². The van der Waals surface area contributed by atoms with Gasteiger partial charge in [0.15, 0.2) is 0 Å². The molecule has 1 amide bonds. The molecule has 0 atom stereocenters. The highest BCUT2D eigenvalue weighted by Gasteiger charge is 2.19. The molecule has 1 aromatic rings. The Morgan fingerprint density at radius 3 is 2.78 bits per heavy atom. The van der Waals surface area contributed by atoms with Crippen LogP contribution in [0.3, 0.4) is 0 Å². The predicted octanol–water partition coefficient (Wildman–Crippen LogP) is 2.73. The summed E-state index contributed by atoms with van der Waals surface area (Å²) in [5.41, 5.74) is 0.0827. The van der Waals surface area contributed by atoms with Crippen LogP contribution in [-0.4, -0.2) is 24.2 Å². The van der Waals surface area contributed by atoms with E-state index in [1.807, 2.05) is 13.8 Å². The number of aliphatic hydroxyl groups is 1. The fourth-order valence-electron chi connectivity index (χ4n) is 1.48. The topological polar surface area (TPSA) is 49.3 Å². The SMILES string of the molecule is CC(C)(CCO)CNC(=O)c1cc(F)ccc1Br. The molecule has 0 spiro atoms. The van der Waals surface area contributed by atoms with Crippen molar-refractivity contribution in [3.05, 3.63) is 34.1 Å². The third-order valence-electron chi connectivity index (χ3n) is 2.69. The highest BCUT2D eigenvalue weighted by molar-refractivity contribution is 9.10. The van der Waals surface area contributed by atoms with Gasteiger partial charge in [-0.25, -0.2) is 4.39 Å². The van der Waals surface area contributed by atoms with E-state index in [1.165, 1.54) is 18.2 Å². The minimum atomic E-state index is -0.446. The lowest BCUT2D eigenvalue weighted by Crippen LogP contribution is -2.34. The molecular formula is C13H17BrFNO2. The molecule has 0 saturated heterocycles. The molecule has 0 bridgehead atoms. The summed E-state index contributed by atoms with van der Waals surface area (Å²) in [6.45, 7) is 4.40. The summed E-state index contributed by atoms with van der Waals surface area (Å²) < 4.78 is 13.6. The number of amides is 1. The third-order valence-corrected chi connectivity index (χ3v) is 3.38. The van der Waals surface area contributed by atoms with Gasteiger partial charge >= 0.3 is 0 Å². The molecule has 0 aliphatic rings. The molecule has 5 heteroatoms. The van der Waals surface area contributed by atoms with E-state index < -0.39 is 5.82 Å². The molecule has 1 aromatic carbocycles. The molecular weight excluding hydrogens is 301 g/mol. The molecule has 2 N–H and O–H groups in total. The van der Waals surface area contributed by atoms with Crippen LogP contribution in [-0.2, 0) is 0 Å². The van der Waals surface area contributed by atoms with Gasteiger partial charge in [-0.3, -0.25) is 4.79 Å². The number of hydrogen-bond acceptors (Lipinski definition) is 2. The van der Waals surface area contributed by atoms with Gasteiger partial charge in [-0.15, -0.1) is 0 Å². The summed E-state index contributed by atoms with van der Waals surface area (Å²) >= 11 is 3.21. The number of carbonyl (C=O) groups is 1. The van der Waals surface area contributed by atoms with Gasteiger partial charge in [0, 0.05) is 17.6 Å². The Balaban J connectivity index is 2.69. The fourth-order valence-corrected chi connectivity index (χ4v) is 1.90. The molecule has 0 saturated carbocycles. The first-order valence-electron chi connectivity index (χ1n) is 5.70. The van der Waals surface area contributed by atoms with E-state index in [9.17, 15) is 9.18 Å². The number of halogens is 2. The Morgan fingerprint density at radius 2 is 2.17 bits per heavy atom. The molecule has 0 radical (unpaired) electrons. The van der Waals surface area contributed by atoms with Crippen molar-refractivity contribution in [3.8, 4) is 0 Å². The van der Waals surface area contributed by atoms with Crippen molar-refractivity contribution < 1.29 is 14.3 Å². The first-order valence-corrected chi connectivity index (χ1v) is 6.49. The lowest BCUT2D eigenvalue weighted by molar-refractivity contribution is 0.0927. The smallest absolute Gasteiger partial charge is 0.252 e. The van der Waals surface area contributed by atoms with Gasteiger partial charge in [0.05, 0.1) is 5.56 Å². The maximum atomic E-state index is 13.1. The van der Waals surface area contributed by atoms with Gasteiger partial charge in [-0.2, -0.15) is 0 Å². The van der Waals surface area contributed by atoms with E-state index in [1.54, 1.807) is 0 Å². The van der Waals surface area contributed by atoms with E-state index in [0.29, 0.717) is 17.4 Å². The van der Waals surface area contributed by atoms with Gasteiger partial charge < -0.3 is 10.4 Å². The monoisotopic (exact) mass is 317 g/mol. The molecule has 0 aliphatic heterocycles. The van der Waals surface area contributed by atoms with E-state index >= 15 is 0 Å². The molecule has 0 heterocycles. The zero-order valence-electron chi connectivity index (χ0n) is 10.5. The van der Waals surface area contributed by atoms with Crippen molar-refractivity contribution in [1.82, 2.24) is 5.32 Å². The highest BCUT2D eigenvalue weighted by atomic mass is 79.9. The Hall–Kier alpha value is -0.940. The van der Waals surface area contributed by atoms with Gasteiger partial charge in [-0.05, 0) is 46.0 Å². The van der Waals surface area contributed by atoms with Crippen LogP contribution in [0.2, 0.25) is 0 Å². The van der Waals surface area contributed by atoms with Crippen LogP contribution in [0.15, 0.2) is 22.7 Å². The number of rotatable bonds is 5. The molecule has 0 aromatic heterocycles. The quantitative estimate of drug-likeness (QED) is 0.877. The first-order chi connectivity index (χ1) is 8.35. The van der Waals surface area contributed by atoms with Gasteiger partial charge in [0.2, 0.25) is 0 Å². The van der Waals surface area contributed by atoms with Crippen molar-refractivity contribution >= 4 is 21.8 Å². The van der Waals surface area contributed by atoms with E-state index in [4.69, 9.17) is 5.11 Å². The second-order valence-electron chi connectivity index (χ2n) is 4.94.